The smallest absolute Gasteiger partial charge is 0.349 e. The molecule has 128 valence electrons. The Morgan fingerprint density at radius 2 is 2.00 bits per heavy atom. The number of allylic oxidation sites excluding steroid dienone is 1. The van der Waals surface area contributed by atoms with E-state index in [0.29, 0.717) is 21.0 Å². The molecular formula is C18H13BrClNO4. The van der Waals surface area contributed by atoms with Crippen LogP contribution in [-0.4, -0.2) is 19.7 Å². The summed E-state index contributed by atoms with van der Waals surface area (Å²) in [6, 6.07) is 11.8. The van der Waals surface area contributed by atoms with Gasteiger partial charge in [0, 0.05) is 11.1 Å². The van der Waals surface area contributed by atoms with Gasteiger partial charge in [0.15, 0.2) is 18.1 Å². The number of benzene rings is 2. The second-order valence-corrected chi connectivity index (χ2v) is 6.00. The highest BCUT2D eigenvalue weighted by Gasteiger charge is 2.12. The summed E-state index contributed by atoms with van der Waals surface area (Å²) in [4.78, 5) is 12.0. The third kappa shape index (κ3) is 5.52. The van der Waals surface area contributed by atoms with Crippen LogP contribution < -0.4 is 14.2 Å². The van der Waals surface area contributed by atoms with Gasteiger partial charge in [-0.05, 0) is 57.9 Å². The summed E-state index contributed by atoms with van der Waals surface area (Å²) in [5, 5.41) is 9.11. The minimum absolute atomic E-state index is 0.264. The maximum Gasteiger partial charge on any atom is 0.349 e. The number of hydrogen-bond acceptors (Lipinski definition) is 5. The first kappa shape index (κ1) is 18.8. The van der Waals surface area contributed by atoms with Gasteiger partial charge < -0.3 is 14.2 Å². The van der Waals surface area contributed by atoms with Crippen LogP contribution in [0, 0.1) is 11.3 Å². The van der Waals surface area contributed by atoms with Gasteiger partial charge in [-0.1, -0.05) is 17.7 Å². The number of carbonyl (C=O) groups excluding carboxylic acids is 1. The van der Waals surface area contributed by atoms with Crippen LogP contribution in [0.25, 0.3) is 6.08 Å². The quantitative estimate of drug-likeness (QED) is 0.386. The van der Waals surface area contributed by atoms with Crippen LogP contribution in [-0.2, 0) is 4.79 Å². The normalized spacial score (nSPS) is 10.3. The fraction of sp³-hybridized carbons (Fsp3) is 0.111. The fourth-order valence-corrected chi connectivity index (χ4v) is 2.68. The molecule has 0 atom stereocenters. The lowest BCUT2D eigenvalue weighted by Crippen LogP contribution is -2.18. The molecule has 0 spiro atoms. The molecule has 0 aliphatic carbocycles. The predicted molar refractivity (Wildman–Crippen MR) is 97.9 cm³/mol. The average molecular weight is 423 g/mol. The minimum Gasteiger partial charge on any atom is -0.493 e. The number of hydrogen-bond donors (Lipinski definition) is 0. The zero-order chi connectivity index (χ0) is 18.2. The van der Waals surface area contributed by atoms with Gasteiger partial charge in [-0.15, -0.1) is 0 Å². The Bertz CT molecular complexity index is 845. The standard InChI is InChI=1S/C18H13BrClNO4/c1-23-17-9-12(3-2-8-21)4-6-16(17)25-18(22)11-24-15-7-5-13(20)10-14(15)19/h2-7,9-10H,11H2,1H3/b3-2-. The molecule has 0 unspecified atom stereocenters. The van der Waals surface area contributed by atoms with Gasteiger partial charge in [0.2, 0.25) is 0 Å². The number of ether oxygens (including phenoxy) is 3. The molecule has 2 aromatic rings. The van der Waals surface area contributed by atoms with E-state index >= 15 is 0 Å². The van der Waals surface area contributed by atoms with Crippen molar-refractivity contribution in [1.29, 1.82) is 5.26 Å². The second kappa shape index (κ2) is 9.11. The molecule has 0 aromatic heterocycles. The number of halogens is 2. The van der Waals surface area contributed by atoms with E-state index in [0.717, 1.165) is 5.56 Å². The van der Waals surface area contributed by atoms with E-state index in [1.54, 1.807) is 42.5 Å². The van der Waals surface area contributed by atoms with E-state index in [-0.39, 0.29) is 12.4 Å². The summed E-state index contributed by atoms with van der Waals surface area (Å²) in [5.41, 5.74) is 0.750. The maximum absolute atomic E-state index is 12.0. The Morgan fingerprint density at radius 1 is 1.24 bits per heavy atom. The van der Waals surface area contributed by atoms with Crippen molar-refractivity contribution in [2.24, 2.45) is 0 Å². The fourth-order valence-electron chi connectivity index (χ4n) is 1.89. The van der Waals surface area contributed by atoms with E-state index in [4.69, 9.17) is 31.1 Å². The van der Waals surface area contributed by atoms with Crippen LogP contribution >= 0.6 is 27.5 Å². The topological polar surface area (TPSA) is 68.5 Å². The summed E-state index contributed by atoms with van der Waals surface area (Å²) in [6.45, 7) is -0.278. The van der Waals surface area contributed by atoms with Crippen molar-refractivity contribution >= 4 is 39.6 Å². The number of nitrogens with zero attached hydrogens (tertiary/aromatic N) is 1. The van der Waals surface area contributed by atoms with Crippen LogP contribution in [0.1, 0.15) is 5.56 Å². The van der Waals surface area contributed by atoms with E-state index in [9.17, 15) is 4.79 Å². The zero-order valence-corrected chi connectivity index (χ0v) is 15.5. The van der Waals surface area contributed by atoms with Crippen LogP contribution in [0.15, 0.2) is 46.9 Å². The SMILES string of the molecule is COc1cc(/C=C\C#N)ccc1OC(=O)COc1ccc(Cl)cc1Br. The molecule has 0 bridgehead atoms. The number of methoxy groups -OCH3 is 1. The lowest BCUT2D eigenvalue weighted by molar-refractivity contribution is -0.136. The predicted octanol–water partition coefficient (Wildman–Crippen LogP) is 4.63. The summed E-state index contributed by atoms with van der Waals surface area (Å²) in [7, 11) is 1.46. The molecule has 0 fully saturated rings. The molecule has 0 saturated heterocycles. The molecule has 7 heteroatoms. The van der Waals surface area contributed by atoms with Crippen molar-refractivity contribution in [2.75, 3.05) is 13.7 Å². The van der Waals surface area contributed by atoms with Crippen molar-refractivity contribution < 1.29 is 19.0 Å². The van der Waals surface area contributed by atoms with E-state index in [1.807, 2.05) is 6.07 Å². The highest BCUT2D eigenvalue weighted by molar-refractivity contribution is 9.10. The summed E-state index contributed by atoms with van der Waals surface area (Å²) >= 11 is 9.16. The molecule has 25 heavy (non-hydrogen) atoms. The largest absolute Gasteiger partial charge is 0.493 e. The van der Waals surface area contributed by atoms with E-state index in [1.165, 1.54) is 13.2 Å². The first-order valence-corrected chi connectivity index (χ1v) is 8.23. The molecule has 0 heterocycles. The maximum atomic E-state index is 12.0. The van der Waals surface area contributed by atoms with Gasteiger partial charge in [-0.2, -0.15) is 5.26 Å². The number of esters is 1. The van der Waals surface area contributed by atoms with Gasteiger partial charge >= 0.3 is 5.97 Å². The van der Waals surface area contributed by atoms with Gasteiger partial charge in [-0.25, -0.2) is 4.79 Å². The average Bonchev–Trinajstić information content (AvgIpc) is 2.60. The Morgan fingerprint density at radius 3 is 2.68 bits per heavy atom. The Hall–Kier alpha value is -2.49. The Balaban J connectivity index is 2.02. The van der Waals surface area contributed by atoms with Crippen LogP contribution in [0.4, 0.5) is 0 Å². The lowest BCUT2D eigenvalue weighted by atomic mass is 10.2. The summed E-state index contributed by atoms with van der Waals surface area (Å²) < 4.78 is 16.5. The van der Waals surface area contributed by atoms with Crippen molar-refractivity contribution in [3.05, 3.63) is 57.5 Å². The van der Waals surface area contributed by atoms with Crippen molar-refractivity contribution in [2.45, 2.75) is 0 Å². The third-order valence-corrected chi connectivity index (χ3v) is 3.86. The molecular weight excluding hydrogens is 410 g/mol. The molecule has 0 radical (unpaired) electrons. The van der Waals surface area contributed by atoms with Gasteiger partial charge in [0.1, 0.15) is 5.75 Å². The Labute approximate surface area is 158 Å². The zero-order valence-electron chi connectivity index (χ0n) is 13.2. The molecule has 0 amide bonds. The van der Waals surface area contributed by atoms with Crippen LogP contribution in [0.5, 0.6) is 17.2 Å². The minimum atomic E-state index is -0.583. The van der Waals surface area contributed by atoms with Crippen molar-refractivity contribution in [3.8, 4) is 23.3 Å². The number of carbonyl (C=O) groups is 1. The summed E-state index contributed by atoms with van der Waals surface area (Å²) in [6.07, 6.45) is 2.97. The lowest BCUT2D eigenvalue weighted by Gasteiger charge is -2.11. The monoisotopic (exact) mass is 421 g/mol. The first-order valence-electron chi connectivity index (χ1n) is 7.06. The molecule has 0 N–H and O–H groups in total. The van der Waals surface area contributed by atoms with Crippen LogP contribution in [0.2, 0.25) is 5.02 Å². The third-order valence-electron chi connectivity index (χ3n) is 3.00. The molecule has 5 nitrogen and oxygen atoms in total. The van der Waals surface area contributed by atoms with E-state index < -0.39 is 5.97 Å². The highest BCUT2D eigenvalue weighted by Crippen LogP contribution is 2.30. The van der Waals surface area contributed by atoms with Gasteiger partial charge in [0.05, 0.1) is 17.7 Å². The molecule has 0 aliphatic heterocycles. The van der Waals surface area contributed by atoms with Gasteiger partial charge in [0.25, 0.3) is 0 Å². The summed E-state index contributed by atoms with van der Waals surface area (Å²) in [5.74, 6) is 0.535. The Kier molecular flexibility index (Phi) is 6.87. The number of rotatable bonds is 6. The molecule has 0 aliphatic rings. The molecule has 2 aromatic carbocycles. The highest BCUT2D eigenvalue weighted by atomic mass is 79.9. The van der Waals surface area contributed by atoms with E-state index in [2.05, 4.69) is 15.9 Å². The van der Waals surface area contributed by atoms with Crippen molar-refractivity contribution in [1.82, 2.24) is 0 Å². The second-order valence-electron chi connectivity index (χ2n) is 4.71. The van der Waals surface area contributed by atoms with Gasteiger partial charge in [-0.3, -0.25) is 0 Å². The first-order chi connectivity index (χ1) is 12.0. The molecule has 0 saturated carbocycles. The molecule has 2 rings (SSSR count). The number of nitriles is 1. The van der Waals surface area contributed by atoms with Crippen molar-refractivity contribution in [3.63, 3.8) is 0 Å². The van der Waals surface area contributed by atoms with Crippen LogP contribution in [0.3, 0.4) is 0 Å².